The van der Waals surface area contributed by atoms with Crippen molar-refractivity contribution in [2.45, 2.75) is 39.0 Å². The maximum absolute atomic E-state index is 5.41. The molecule has 0 aliphatic carbocycles. The number of methoxy groups -OCH3 is 3. The van der Waals surface area contributed by atoms with Gasteiger partial charge in [0.2, 0.25) is 0 Å². The molecule has 4 heteroatoms. The van der Waals surface area contributed by atoms with Gasteiger partial charge in [0.15, 0.2) is 0 Å². The van der Waals surface area contributed by atoms with Crippen LogP contribution in [0.3, 0.4) is 0 Å². The van der Waals surface area contributed by atoms with Crippen LogP contribution < -0.4 is 14.8 Å². The Morgan fingerprint density at radius 3 is 2.21 bits per heavy atom. The van der Waals surface area contributed by atoms with E-state index in [1.165, 1.54) is 0 Å². The third-order valence-electron chi connectivity index (χ3n) is 3.49. The Labute approximate surface area is 116 Å². The molecule has 0 aliphatic rings. The number of hydrogen-bond acceptors (Lipinski definition) is 4. The Kier molecular flexibility index (Phi) is 6.12. The van der Waals surface area contributed by atoms with E-state index in [1.807, 2.05) is 25.1 Å². The molecule has 0 saturated carbocycles. The first kappa shape index (κ1) is 15.8. The van der Waals surface area contributed by atoms with Crippen molar-refractivity contribution in [3.05, 3.63) is 23.8 Å². The zero-order valence-corrected chi connectivity index (χ0v) is 12.7. The summed E-state index contributed by atoms with van der Waals surface area (Å²) in [7, 11) is 5.07. The van der Waals surface area contributed by atoms with Gasteiger partial charge in [-0.2, -0.15) is 0 Å². The summed E-state index contributed by atoms with van der Waals surface area (Å²) in [6.45, 7) is 6.26. The second kappa shape index (κ2) is 7.36. The van der Waals surface area contributed by atoms with Crippen LogP contribution in [0, 0.1) is 0 Å². The Morgan fingerprint density at radius 2 is 1.68 bits per heavy atom. The minimum absolute atomic E-state index is 0.151. The Balaban J connectivity index is 2.88. The van der Waals surface area contributed by atoms with Gasteiger partial charge in [-0.05, 0) is 39.0 Å². The molecule has 1 aromatic rings. The van der Waals surface area contributed by atoms with Crippen LogP contribution in [-0.4, -0.2) is 33.5 Å². The first-order valence-electron chi connectivity index (χ1n) is 6.54. The monoisotopic (exact) mass is 267 g/mol. The Hall–Kier alpha value is -1.26. The zero-order chi connectivity index (χ0) is 14.4. The molecule has 1 aromatic carbocycles. The van der Waals surface area contributed by atoms with Gasteiger partial charge in [0.25, 0.3) is 0 Å². The number of ether oxygens (including phenoxy) is 3. The minimum Gasteiger partial charge on any atom is -0.497 e. The molecule has 3 atom stereocenters. The van der Waals surface area contributed by atoms with Gasteiger partial charge in [0.1, 0.15) is 11.5 Å². The fourth-order valence-corrected chi connectivity index (χ4v) is 2.00. The molecule has 0 bridgehead atoms. The van der Waals surface area contributed by atoms with Gasteiger partial charge in [-0.25, -0.2) is 0 Å². The van der Waals surface area contributed by atoms with E-state index in [1.54, 1.807) is 21.3 Å². The minimum atomic E-state index is 0.151. The van der Waals surface area contributed by atoms with Crippen LogP contribution in [0.25, 0.3) is 0 Å². The number of hydrogen-bond donors (Lipinski definition) is 1. The van der Waals surface area contributed by atoms with E-state index in [-0.39, 0.29) is 18.2 Å². The summed E-state index contributed by atoms with van der Waals surface area (Å²) in [5.74, 6) is 1.69. The molecule has 4 nitrogen and oxygen atoms in total. The first-order chi connectivity index (χ1) is 9.03. The van der Waals surface area contributed by atoms with Gasteiger partial charge in [-0.1, -0.05) is 0 Å². The topological polar surface area (TPSA) is 39.7 Å². The predicted molar refractivity (Wildman–Crippen MR) is 77.0 cm³/mol. The van der Waals surface area contributed by atoms with E-state index in [2.05, 4.69) is 19.2 Å². The van der Waals surface area contributed by atoms with E-state index in [4.69, 9.17) is 14.2 Å². The zero-order valence-electron chi connectivity index (χ0n) is 12.7. The number of nitrogens with one attached hydrogen (secondary N) is 1. The molecule has 0 heterocycles. The van der Waals surface area contributed by atoms with Crippen molar-refractivity contribution >= 4 is 0 Å². The first-order valence-corrected chi connectivity index (χ1v) is 6.54. The van der Waals surface area contributed by atoms with Crippen LogP contribution in [0.5, 0.6) is 11.5 Å². The molecule has 0 fully saturated rings. The highest BCUT2D eigenvalue weighted by atomic mass is 16.5. The third kappa shape index (κ3) is 4.11. The fourth-order valence-electron chi connectivity index (χ4n) is 2.00. The highest BCUT2D eigenvalue weighted by Crippen LogP contribution is 2.29. The van der Waals surface area contributed by atoms with Gasteiger partial charge in [-0.15, -0.1) is 0 Å². The lowest BCUT2D eigenvalue weighted by molar-refractivity contribution is 0.0850. The standard InChI is InChI=1S/C15H25NO3/c1-10(12(3)17-4)16-11(2)14-9-13(18-5)7-8-15(14)19-6/h7-12,16H,1-6H3. The van der Waals surface area contributed by atoms with Crippen LogP contribution in [0.15, 0.2) is 18.2 Å². The molecule has 19 heavy (non-hydrogen) atoms. The lowest BCUT2D eigenvalue weighted by Gasteiger charge is -2.25. The van der Waals surface area contributed by atoms with Crippen molar-refractivity contribution in [1.29, 1.82) is 0 Å². The summed E-state index contributed by atoms with van der Waals surface area (Å²) in [4.78, 5) is 0. The van der Waals surface area contributed by atoms with Crippen LogP contribution in [-0.2, 0) is 4.74 Å². The van der Waals surface area contributed by atoms with Gasteiger partial charge < -0.3 is 19.5 Å². The van der Waals surface area contributed by atoms with Gasteiger partial charge >= 0.3 is 0 Å². The summed E-state index contributed by atoms with van der Waals surface area (Å²) < 4.78 is 16.0. The highest BCUT2D eigenvalue weighted by Gasteiger charge is 2.18. The molecule has 1 N–H and O–H groups in total. The van der Waals surface area contributed by atoms with Crippen LogP contribution in [0.4, 0.5) is 0 Å². The van der Waals surface area contributed by atoms with Gasteiger partial charge in [0.05, 0.1) is 20.3 Å². The molecule has 108 valence electrons. The largest absolute Gasteiger partial charge is 0.497 e. The molecule has 0 aromatic heterocycles. The quantitative estimate of drug-likeness (QED) is 0.824. The highest BCUT2D eigenvalue weighted by molar-refractivity contribution is 5.42. The predicted octanol–water partition coefficient (Wildman–Crippen LogP) is 2.78. The molecule has 1 rings (SSSR count). The smallest absolute Gasteiger partial charge is 0.123 e. The van der Waals surface area contributed by atoms with Crippen molar-refractivity contribution in [2.75, 3.05) is 21.3 Å². The van der Waals surface area contributed by atoms with Crippen molar-refractivity contribution in [2.24, 2.45) is 0 Å². The van der Waals surface area contributed by atoms with E-state index in [9.17, 15) is 0 Å². The average Bonchev–Trinajstić information content (AvgIpc) is 2.45. The van der Waals surface area contributed by atoms with Crippen LogP contribution >= 0.6 is 0 Å². The fraction of sp³-hybridized carbons (Fsp3) is 0.600. The van der Waals surface area contributed by atoms with E-state index in [0.717, 1.165) is 17.1 Å². The summed E-state index contributed by atoms with van der Waals surface area (Å²) in [5.41, 5.74) is 1.08. The normalized spacial score (nSPS) is 15.7. The van der Waals surface area contributed by atoms with Crippen molar-refractivity contribution in [3.8, 4) is 11.5 Å². The lowest BCUT2D eigenvalue weighted by atomic mass is 10.0. The van der Waals surface area contributed by atoms with Crippen molar-refractivity contribution < 1.29 is 14.2 Å². The molecule has 0 amide bonds. The number of benzene rings is 1. The van der Waals surface area contributed by atoms with Crippen LogP contribution in [0.1, 0.15) is 32.4 Å². The van der Waals surface area contributed by atoms with E-state index in [0.29, 0.717) is 0 Å². The second-order valence-electron chi connectivity index (χ2n) is 4.73. The number of rotatable bonds is 7. The summed E-state index contributed by atoms with van der Waals surface area (Å²) in [6, 6.07) is 6.22. The average molecular weight is 267 g/mol. The maximum Gasteiger partial charge on any atom is 0.123 e. The van der Waals surface area contributed by atoms with Gasteiger partial charge in [0, 0.05) is 24.8 Å². The molecule has 0 radical (unpaired) electrons. The maximum atomic E-state index is 5.41. The summed E-state index contributed by atoms with van der Waals surface area (Å²) in [6.07, 6.45) is 0.152. The molecule has 0 aliphatic heterocycles. The lowest BCUT2D eigenvalue weighted by Crippen LogP contribution is -2.38. The second-order valence-corrected chi connectivity index (χ2v) is 4.73. The van der Waals surface area contributed by atoms with Crippen molar-refractivity contribution in [1.82, 2.24) is 5.32 Å². The Morgan fingerprint density at radius 1 is 1.00 bits per heavy atom. The van der Waals surface area contributed by atoms with E-state index < -0.39 is 0 Å². The SMILES string of the molecule is COc1ccc(OC)c(C(C)NC(C)C(C)OC)c1. The Bertz CT molecular complexity index is 395. The third-order valence-corrected chi connectivity index (χ3v) is 3.49. The molecular formula is C15H25NO3. The summed E-state index contributed by atoms with van der Waals surface area (Å²) in [5, 5.41) is 3.51. The van der Waals surface area contributed by atoms with E-state index >= 15 is 0 Å². The molecule has 3 unspecified atom stereocenters. The van der Waals surface area contributed by atoms with Gasteiger partial charge in [-0.3, -0.25) is 0 Å². The van der Waals surface area contributed by atoms with Crippen molar-refractivity contribution in [3.63, 3.8) is 0 Å². The molecular weight excluding hydrogens is 242 g/mol. The summed E-state index contributed by atoms with van der Waals surface area (Å²) >= 11 is 0. The molecule has 0 spiro atoms. The van der Waals surface area contributed by atoms with Crippen LogP contribution in [0.2, 0.25) is 0 Å². The molecule has 0 saturated heterocycles.